The summed E-state index contributed by atoms with van der Waals surface area (Å²) in [6, 6.07) is 7.83. The Morgan fingerprint density at radius 1 is 1.25 bits per heavy atom. The maximum Gasteiger partial charge on any atom is 0.144 e. The average Bonchev–Trinajstić information content (AvgIpc) is 2.64. The van der Waals surface area contributed by atoms with Gasteiger partial charge in [-0.05, 0) is 12.1 Å². The maximum atomic E-state index is 6.27. The van der Waals surface area contributed by atoms with E-state index in [9.17, 15) is 0 Å². The molecule has 0 aliphatic heterocycles. The van der Waals surface area contributed by atoms with Crippen LogP contribution in [0.15, 0.2) is 36.7 Å². The summed E-state index contributed by atoms with van der Waals surface area (Å²) in [5.41, 5.74) is 1.78. The second-order valence-electron chi connectivity index (χ2n) is 3.53. The zero-order valence-electron chi connectivity index (χ0n) is 8.64. The highest BCUT2D eigenvalue weighted by Crippen LogP contribution is 2.34. The highest BCUT2D eigenvalue weighted by atomic mass is 35.5. The number of ether oxygens (including phenoxy) is 1. The fourth-order valence-electron chi connectivity index (χ4n) is 2.00. The SMILES string of the molecule is COc1cccc2c3ccncc3n(Cl)c12. The van der Waals surface area contributed by atoms with Gasteiger partial charge in [0.15, 0.2) is 0 Å². The molecule has 2 aromatic heterocycles. The summed E-state index contributed by atoms with van der Waals surface area (Å²) in [4.78, 5) is 4.08. The molecule has 0 unspecified atom stereocenters. The molecule has 0 atom stereocenters. The molecule has 0 saturated heterocycles. The van der Waals surface area contributed by atoms with E-state index in [2.05, 4.69) is 4.98 Å². The van der Waals surface area contributed by atoms with Gasteiger partial charge in [0.1, 0.15) is 11.3 Å². The van der Waals surface area contributed by atoms with Gasteiger partial charge in [-0.1, -0.05) is 12.1 Å². The smallest absolute Gasteiger partial charge is 0.144 e. The predicted molar refractivity (Wildman–Crippen MR) is 65.0 cm³/mol. The number of hydrogen-bond acceptors (Lipinski definition) is 2. The lowest BCUT2D eigenvalue weighted by molar-refractivity contribution is 0.419. The van der Waals surface area contributed by atoms with Crippen LogP contribution in [-0.4, -0.2) is 16.2 Å². The summed E-state index contributed by atoms with van der Waals surface area (Å²) in [5.74, 6) is 0.767. The van der Waals surface area contributed by atoms with E-state index in [-0.39, 0.29) is 0 Å². The van der Waals surface area contributed by atoms with Gasteiger partial charge in [0, 0.05) is 28.7 Å². The number of rotatable bonds is 1. The van der Waals surface area contributed by atoms with Gasteiger partial charge in [-0.3, -0.25) is 4.98 Å². The Bertz CT molecular complexity index is 675. The van der Waals surface area contributed by atoms with Crippen molar-refractivity contribution in [3.8, 4) is 5.75 Å². The third-order valence-corrected chi connectivity index (χ3v) is 3.07. The number of hydrogen-bond donors (Lipinski definition) is 0. The van der Waals surface area contributed by atoms with E-state index in [1.54, 1.807) is 23.6 Å². The molecule has 0 spiro atoms. The number of fused-ring (bicyclic) bond motifs is 3. The van der Waals surface area contributed by atoms with Crippen LogP contribution in [0.5, 0.6) is 5.75 Å². The molecule has 0 fully saturated rings. The van der Waals surface area contributed by atoms with Crippen molar-refractivity contribution in [3.63, 3.8) is 0 Å². The molecule has 0 aliphatic carbocycles. The molecule has 3 nitrogen and oxygen atoms in total. The van der Waals surface area contributed by atoms with Crippen molar-refractivity contribution in [2.24, 2.45) is 0 Å². The lowest BCUT2D eigenvalue weighted by Gasteiger charge is -2.02. The molecule has 0 aliphatic rings. The predicted octanol–water partition coefficient (Wildman–Crippen LogP) is 3.20. The van der Waals surface area contributed by atoms with Crippen LogP contribution >= 0.6 is 11.8 Å². The fourth-order valence-corrected chi connectivity index (χ4v) is 2.31. The van der Waals surface area contributed by atoms with Crippen molar-refractivity contribution < 1.29 is 4.74 Å². The van der Waals surface area contributed by atoms with Crippen LogP contribution in [0.4, 0.5) is 0 Å². The van der Waals surface area contributed by atoms with Crippen LogP contribution in [0.2, 0.25) is 0 Å². The number of para-hydroxylation sites is 1. The first-order valence-corrected chi connectivity index (χ1v) is 5.24. The second kappa shape index (κ2) is 3.39. The maximum absolute atomic E-state index is 6.27. The minimum absolute atomic E-state index is 0.767. The minimum atomic E-state index is 0.767. The van der Waals surface area contributed by atoms with Gasteiger partial charge in [0.25, 0.3) is 0 Å². The third-order valence-electron chi connectivity index (χ3n) is 2.72. The number of nitrogens with zero attached hydrogens (tertiary/aromatic N) is 2. The number of methoxy groups -OCH3 is 1. The minimum Gasteiger partial charge on any atom is -0.494 e. The van der Waals surface area contributed by atoms with Crippen molar-refractivity contribution in [3.05, 3.63) is 36.7 Å². The first-order valence-electron chi connectivity index (χ1n) is 4.90. The van der Waals surface area contributed by atoms with E-state index < -0.39 is 0 Å². The van der Waals surface area contributed by atoms with E-state index in [0.717, 1.165) is 27.6 Å². The molecule has 4 heteroatoms. The van der Waals surface area contributed by atoms with Gasteiger partial charge in [-0.25, -0.2) is 4.09 Å². The quantitative estimate of drug-likeness (QED) is 0.644. The zero-order valence-corrected chi connectivity index (χ0v) is 9.40. The molecule has 0 radical (unpaired) electrons. The van der Waals surface area contributed by atoms with Gasteiger partial charge in [0.05, 0.1) is 18.8 Å². The monoisotopic (exact) mass is 232 g/mol. The summed E-state index contributed by atoms with van der Waals surface area (Å²) in [6.07, 6.45) is 3.51. The summed E-state index contributed by atoms with van der Waals surface area (Å²) in [6.45, 7) is 0. The molecule has 3 aromatic rings. The summed E-state index contributed by atoms with van der Waals surface area (Å²) < 4.78 is 6.91. The Kier molecular flexibility index (Phi) is 2.01. The van der Waals surface area contributed by atoms with E-state index >= 15 is 0 Å². The standard InChI is InChI=1S/C12H9ClN2O/c1-16-11-4-2-3-9-8-5-6-14-7-10(8)15(13)12(9)11/h2-7H,1H3. The Balaban J connectivity index is 2.61. The largest absolute Gasteiger partial charge is 0.494 e. The Morgan fingerprint density at radius 3 is 2.94 bits per heavy atom. The normalized spacial score (nSPS) is 11.1. The summed E-state index contributed by atoms with van der Waals surface area (Å²) in [7, 11) is 1.64. The fraction of sp³-hybridized carbons (Fsp3) is 0.0833. The topological polar surface area (TPSA) is 27.1 Å². The molecule has 2 heterocycles. The van der Waals surface area contributed by atoms with Crippen molar-refractivity contribution in [2.45, 2.75) is 0 Å². The van der Waals surface area contributed by atoms with Crippen LogP contribution in [-0.2, 0) is 0 Å². The van der Waals surface area contributed by atoms with Crippen molar-refractivity contribution in [2.75, 3.05) is 7.11 Å². The lowest BCUT2D eigenvalue weighted by Crippen LogP contribution is -1.86. The van der Waals surface area contributed by atoms with Crippen LogP contribution in [0, 0.1) is 0 Å². The first kappa shape index (κ1) is 9.48. The molecule has 0 amide bonds. The molecule has 16 heavy (non-hydrogen) atoms. The van der Waals surface area contributed by atoms with E-state index in [1.165, 1.54) is 0 Å². The molecule has 3 rings (SSSR count). The third kappa shape index (κ3) is 1.12. The molecular weight excluding hydrogens is 224 g/mol. The number of benzene rings is 1. The molecular formula is C12H9ClN2O. The van der Waals surface area contributed by atoms with Crippen LogP contribution in [0.3, 0.4) is 0 Å². The van der Waals surface area contributed by atoms with E-state index in [4.69, 9.17) is 16.5 Å². The Morgan fingerprint density at radius 2 is 2.12 bits per heavy atom. The number of pyridine rings is 1. The van der Waals surface area contributed by atoms with Gasteiger partial charge >= 0.3 is 0 Å². The highest BCUT2D eigenvalue weighted by molar-refractivity contribution is 6.27. The van der Waals surface area contributed by atoms with Crippen molar-refractivity contribution in [1.29, 1.82) is 0 Å². The Labute approximate surface area is 97.3 Å². The molecule has 0 saturated carbocycles. The Hall–Kier alpha value is -1.74. The summed E-state index contributed by atoms with van der Waals surface area (Å²) in [5, 5.41) is 2.16. The first-order chi connectivity index (χ1) is 7.83. The lowest BCUT2D eigenvalue weighted by atomic mass is 10.2. The summed E-state index contributed by atoms with van der Waals surface area (Å²) >= 11 is 6.27. The van der Waals surface area contributed by atoms with Crippen molar-refractivity contribution in [1.82, 2.24) is 9.07 Å². The van der Waals surface area contributed by atoms with Gasteiger partial charge in [0.2, 0.25) is 0 Å². The van der Waals surface area contributed by atoms with Crippen LogP contribution < -0.4 is 4.74 Å². The highest BCUT2D eigenvalue weighted by Gasteiger charge is 2.12. The zero-order chi connectivity index (χ0) is 11.1. The number of halogens is 1. The second-order valence-corrected chi connectivity index (χ2v) is 3.87. The molecule has 0 bridgehead atoms. The van der Waals surface area contributed by atoms with Crippen LogP contribution in [0.1, 0.15) is 0 Å². The van der Waals surface area contributed by atoms with Gasteiger partial charge in [-0.15, -0.1) is 0 Å². The molecule has 0 N–H and O–H groups in total. The number of aromatic nitrogens is 2. The molecule has 80 valence electrons. The van der Waals surface area contributed by atoms with E-state index in [1.807, 2.05) is 24.3 Å². The van der Waals surface area contributed by atoms with Crippen molar-refractivity contribution >= 4 is 33.6 Å². The average molecular weight is 233 g/mol. The van der Waals surface area contributed by atoms with Gasteiger partial charge in [-0.2, -0.15) is 0 Å². The molecule has 1 aromatic carbocycles. The van der Waals surface area contributed by atoms with E-state index in [0.29, 0.717) is 0 Å². The van der Waals surface area contributed by atoms with Gasteiger partial charge < -0.3 is 4.74 Å². The van der Waals surface area contributed by atoms with Crippen LogP contribution in [0.25, 0.3) is 21.8 Å².